The molecular weight excluding hydrogens is 244 g/mol. The molecule has 0 aliphatic carbocycles. The van der Waals surface area contributed by atoms with Crippen LogP contribution in [0.15, 0.2) is 60.9 Å². The molecule has 96 valence electrons. The van der Waals surface area contributed by atoms with E-state index in [1.165, 1.54) is 27.9 Å². The van der Waals surface area contributed by atoms with Crippen LogP contribution in [0.3, 0.4) is 0 Å². The smallest absolute Gasteiger partial charge is 0.213 e. The van der Waals surface area contributed by atoms with E-state index in [1.807, 2.05) is 13.1 Å². The van der Waals surface area contributed by atoms with Gasteiger partial charge in [-0.1, -0.05) is 24.3 Å². The van der Waals surface area contributed by atoms with Gasteiger partial charge in [0.1, 0.15) is 0 Å². The highest BCUT2D eigenvalue weighted by Gasteiger charge is 2.27. The first-order valence-corrected chi connectivity index (χ1v) is 6.87. The van der Waals surface area contributed by atoms with Crippen LogP contribution in [0.1, 0.15) is 11.3 Å². The summed E-state index contributed by atoms with van der Waals surface area (Å²) in [5.41, 5.74) is 7.53. The molecule has 2 nitrogen and oxygen atoms in total. The van der Waals surface area contributed by atoms with Crippen LogP contribution in [0.25, 0.3) is 22.4 Å². The highest BCUT2D eigenvalue weighted by atomic mass is 15.0. The molecule has 0 saturated heterocycles. The molecule has 0 radical (unpaired) electrons. The largest absolute Gasteiger partial charge is 0.261 e. The number of aromatic nitrogens is 2. The lowest BCUT2D eigenvalue weighted by Gasteiger charge is -2.06. The third-order valence-corrected chi connectivity index (χ3v) is 3.91. The van der Waals surface area contributed by atoms with Gasteiger partial charge in [0.15, 0.2) is 12.7 Å². The molecule has 0 saturated carbocycles. The van der Waals surface area contributed by atoms with Gasteiger partial charge in [0.05, 0.1) is 5.56 Å². The van der Waals surface area contributed by atoms with E-state index in [-0.39, 0.29) is 0 Å². The predicted molar refractivity (Wildman–Crippen MR) is 79.1 cm³/mol. The number of fused-ring (bicyclic) bond motifs is 3. The van der Waals surface area contributed by atoms with Crippen molar-refractivity contribution in [2.45, 2.75) is 13.5 Å². The number of aryl methyl sites for hydroxylation is 1. The average Bonchev–Trinajstić information content (AvgIpc) is 2.86. The summed E-state index contributed by atoms with van der Waals surface area (Å²) in [5, 5.41) is 0. The van der Waals surface area contributed by atoms with Crippen molar-refractivity contribution in [3.8, 4) is 22.4 Å². The molecule has 3 aromatic rings. The Morgan fingerprint density at radius 1 is 1.00 bits per heavy atom. The van der Waals surface area contributed by atoms with E-state index in [2.05, 4.69) is 64.3 Å². The topological polar surface area (TPSA) is 16.8 Å². The molecule has 0 fully saturated rings. The van der Waals surface area contributed by atoms with Crippen molar-refractivity contribution in [3.05, 3.63) is 72.2 Å². The zero-order valence-corrected chi connectivity index (χ0v) is 11.4. The van der Waals surface area contributed by atoms with Crippen molar-refractivity contribution in [1.82, 2.24) is 4.98 Å². The standard InChI is InChI=1S/C18H15N2/c1-13-8-9-14(11-19-13)16-6-4-5-15-12-20-10-3-2-7-17(20)18(15)16/h2-11H,12H2,1H3/q+1. The number of nitrogens with zero attached hydrogens (tertiary/aromatic N) is 2. The molecule has 1 aliphatic heterocycles. The number of benzene rings is 1. The Balaban J connectivity index is 1.97. The lowest BCUT2D eigenvalue weighted by molar-refractivity contribution is -0.672. The fourth-order valence-electron chi connectivity index (χ4n) is 2.93. The normalized spacial score (nSPS) is 12.1. The Kier molecular flexibility index (Phi) is 2.43. The van der Waals surface area contributed by atoms with E-state index in [9.17, 15) is 0 Å². The minimum atomic E-state index is 0.957. The Bertz CT molecular complexity index is 789. The molecule has 0 bridgehead atoms. The lowest BCUT2D eigenvalue weighted by Crippen LogP contribution is -2.31. The number of rotatable bonds is 1. The molecule has 0 N–H and O–H groups in total. The summed E-state index contributed by atoms with van der Waals surface area (Å²) in [5.74, 6) is 0. The van der Waals surface area contributed by atoms with Crippen molar-refractivity contribution in [2.75, 3.05) is 0 Å². The second-order valence-electron chi connectivity index (χ2n) is 5.24. The van der Waals surface area contributed by atoms with Crippen molar-refractivity contribution in [3.63, 3.8) is 0 Å². The van der Waals surface area contributed by atoms with E-state index >= 15 is 0 Å². The first-order chi connectivity index (χ1) is 9.83. The predicted octanol–water partition coefficient (Wildman–Crippen LogP) is 3.37. The maximum Gasteiger partial charge on any atom is 0.213 e. The second kappa shape index (κ2) is 4.27. The minimum Gasteiger partial charge on any atom is -0.261 e. The van der Waals surface area contributed by atoms with Crippen LogP contribution in [0.5, 0.6) is 0 Å². The van der Waals surface area contributed by atoms with Gasteiger partial charge in [-0.3, -0.25) is 4.98 Å². The SMILES string of the molecule is Cc1ccc(-c2cccc3c2-c2cccc[n+]2C3)cn1. The quantitative estimate of drug-likeness (QED) is 0.479. The molecule has 3 heterocycles. The van der Waals surface area contributed by atoms with Crippen LogP contribution in [-0.4, -0.2) is 4.98 Å². The van der Waals surface area contributed by atoms with Gasteiger partial charge in [-0.05, 0) is 24.6 Å². The van der Waals surface area contributed by atoms with Crippen LogP contribution >= 0.6 is 0 Å². The monoisotopic (exact) mass is 259 g/mol. The van der Waals surface area contributed by atoms with Gasteiger partial charge >= 0.3 is 0 Å². The Hall–Kier alpha value is -2.48. The van der Waals surface area contributed by atoms with Crippen molar-refractivity contribution < 1.29 is 4.57 Å². The Morgan fingerprint density at radius 3 is 2.80 bits per heavy atom. The summed E-state index contributed by atoms with van der Waals surface area (Å²) in [6.07, 6.45) is 4.11. The second-order valence-corrected chi connectivity index (χ2v) is 5.24. The third-order valence-electron chi connectivity index (χ3n) is 3.91. The summed E-state index contributed by atoms with van der Waals surface area (Å²) in [6.45, 7) is 2.98. The van der Waals surface area contributed by atoms with E-state index in [4.69, 9.17) is 0 Å². The molecule has 1 aromatic carbocycles. The maximum absolute atomic E-state index is 4.43. The Labute approximate surface area is 118 Å². The molecule has 2 heteroatoms. The molecule has 0 spiro atoms. The van der Waals surface area contributed by atoms with Gasteiger partial charge in [-0.2, -0.15) is 4.57 Å². The number of hydrogen-bond donors (Lipinski definition) is 0. The van der Waals surface area contributed by atoms with Gasteiger partial charge in [0, 0.05) is 35.2 Å². The maximum atomic E-state index is 4.43. The summed E-state index contributed by atoms with van der Waals surface area (Å²) in [6, 6.07) is 17.2. The first kappa shape index (κ1) is 11.4. The van der Waals surface area contributed by atoms with Crippen LogP contribution in [0, 0.1) is 6.92 Å². The zero-order valence-electron chi connectivity index (χ0n) is 11.4. The molecule has 0 atom stereocenters. The highest BCUT2D eigenvalue weighted by molar-refractivity contribution is 5.83. The molecular formula is C18H15N2+. The highest BCUT2D eigenvalue weighted by Crippen LogP contribution is 2.35. The Morgan fingerprint density at radius 2 is 1.95 bits per heavy atom. The van der Waals surface area contributed by atoms with Crippen molar-refractivity contribution >= 4 is 0 Å². The number of pyridine rings is 2. The fraction of sp³-hybridized carbons (Fsp3) is 0.111. The summed E-state index contributed by atoms with van der Waals surface area (Å²) >= 11 is 0. The summed E-state index contributed by atoms with van der Waals surface area (Å²) < 4.78 is 2.30. The minimum absolute atomic E-state index is 0.957. The van der Waals surface area contributed by atoms with Crippen molar-refractivity contribution in [2.24, 2.45) is 0 Å². The lowest BCUT2D eigenvalue weighted by atomic mass is 9.96. The van der Waals surface area contributed by atoms with Gasteiger partial charge < -0.3 is 0 Å². The summed E-state index contributed by atoms with van der Waals surface area (Å²) in [4.78, 5) is 4.43. The van der Waals surface area contributed by atoms with Gasteiger partial charge in [0.25, 0.3) is 0 Å². The molecule has 4 rings (SSSR count). The van der Waals surface area contributed by atoms with Gasteiger partial charge in [-0.25, -0.2) is 0 Å². The molecule has 20 heavy (non-hydrogen) atoms. The van der Waals surface area contributed by atoms with Gasteiger partial charge in [0.2, 0.25) is 5.69 Å². The van der Waals surface area contributed by atoms with Crippen LogP contribution in [0.4, 0.5) is 0 Å². The van der Waals surface area contributed by atoms with Gasteiger partial charge in [-0.15, -0.1) is 0 Å². The average molecular weight is 259 g/mol. The zero-order chi connectivity index (χ0) is 13.5. The van der Waals surface area contributed by atoms with Crippen LogP contribution in [0.2, 0.25) is 0 Å². The molecule has 0 amide bonds. The van der Waals surface area contributed by atoms with Crippen LogP contribution < -0.4 is 4.57 Å². The van der Waals surface area contributed by atoms with E-state index in [0.717, 1.165) is 12.2 Å². The molecule has 1 aliphatic rings. The molecule has 0 unspecified atom stereocenters. The van der Waals surface area contributed by atoms with E-state index in [0.29, 0.717) is 0 Å². The summed E-state index contributed by atoms with van der Waals surface area (Å²) in [7, 11) is 0. The third kappa shape index (κ3) is 1.65. The van der Waals surface area contributed by atoms with Crippen LogP contribution in [-0.2, 0) is 6.54 Å². The molecule has 2 aromatic heterocycles. The first-order valence-electron chi connectivity index (χ1n) is 6.87. The fourth-order valence-corrected chi connectivity index (χ4v) is 2.93. The van der Waals surface area contributed by atoms with E-state index < -0.39 is 0 Å². The number of hydrogen-bond acceptors (Lipinski definition) is 1. The van der Waals surface area contributed by atoms with Crippen molar-refractivity contribution in [1.29, 1.82) is 0 Å². The van der Waals surface area contributed by atoms with E-state index in [1.54, 1.807) is 0 Å².